The number of nitrogens with zero attached hydrogens (tertiary/aromatic N) is 3. The number of fused-ring (bicyclic) bond motifs is 1. The lowest BCUT2D eigenvalue weighted by Gasteiger charge is -2.07. The Bertz CT molecular complexity index is 755. The lowest BCUT2D eigenvalue weighted by molar-refractivity contribution is -0.133. The third-order valence-electron chi connectivity index (χ3n) is 2.69. The van der Waals surface area contributed by atoms with Crippen molar-refractivity contribution in [1.82, 2.24) is 14.5 Å². The Hall–Kier alpha value is -1.61. The molecule has 0 bridgehead atoms. The van der Waals surface area contributed by atoms with Gasteiger partial charge in [0.2, 0.25) is 0 Å². The van der Waals surface area contributed by atoms with Crippen LogP contribution in [0.5, 0.6) is 0 Å². The van der Waals surface area contributed by atoms with Crippen molar-refractivity contribution in [3.05, 3.63) is 18.3 Å². The van der Waals surface area contributed by atoms with E-state index in [9.17, 15) is 13.2 Å². The predicted molar refractivity (Wildman–Crippen MR) is 80.2 cm³/mol. The summed E-state index contributed by atoms with van der Waals surface area (Å²) in [6.07, 6.45) is 3.25. The van der Waals surface area contributed by atoms with E-state index in [0.717, 1.165) is 11.8 Å². The molecule has 21 heavy (non-hydrogen) atoms. The molecule has 1 N–H and O–H groups in total. The maximum Gasteiger partial charge on any atom is 0.313 e. The average molecular weight is 329 g/mol. The summed E-state index contributed by atoms with van der Waals surface area (Å²) in [5.74, 6) is -0.958. The summed E-state index contributed by atoms with van der Waals surface area (Å²) in [6, 6.07) is 3.54. The van der Waals surface area contributed by atoms with Crippen molar-refractivity contribution in [1.29, 1.82) is 0 Å². The monoisotopic (exact) mass is 329 g/mol. The Morgan fingerprint density at radius 2 is 2.24 bits per heavy atom. The second-order valence-electron chi connectivity index (χ2n) is 4.56. The Morgan fingerprint density at radius 1 is 1.48 bits per heavy atom. The van der Waals surface area contributed by atoms with Gasteiger partial charge in [0.1, 0.15) is 15.4 Å². The van der Waals surface area contributed by atoms with Crippen LogP contribution in [-0.4, -0.2) is 51.8 Å². The van der Waals surface area contributed by atoms with Crippen molar-refractivity contribution >= 4 is 38.7 Å². The van der Waals surface area contributed by atoms with Crippen molar-refractivity contribution in [3.8, 4) is 0 Å². The van der Waals surface area contributed by atoms with E-state index in [-0.39, 0.29) is 11.5 Å². The first kappa shape index (κ1) is 15.8. The molecule has 0 aliphatic carbocycles. The van der Waals surface area contributed by atoms with Crippen LogP contribution in [0.1, 0.15) is 6.42 Å². The molecular formula is C12H15N3O4S2. The van der Waals surface area contributed by atoms with E-state index >= 15 is 0 Å². The molecule has 0 atom stereocenters. The molecule has 0 aliphatic heterocycles. The van der Waals surface area contributed by atoms with E-state index in [2.05, 4.69) is 9.97 Å². The number of hydrogen-bond acceptors (Lipinski definition) is 6. The van der Waals surface area contributed by atoms with E-state index in [4.69, 9.17) is 5.11 Å². The summed E-state index contributed by atoms with van der Waals surface area (Å²) >= 11 is 1.10. The molecule has 2 aromatic heterocycles. The topological polar surface area (TPSA) is 102 Å². The summed E-state index contributed by atoms with van der Waals surface area (Å²) in [7, 11) is -3.02. The van der Waals surface area contributed by atoms with Crippen molar-refractivity contribution in [3.63, 3.8) is 0 Å². The van der Waals surface area contributed by atoms with Crippen LogP contribution in [0.4, 0.5) is 0 Å². The number of aliphatic carboxylic acids is 1. The molecule has 0 amide bonds. The van der Waals surface area contributed by atoms with Crippen LogP contribution >= 0.6 is 11.8 Å². The number of sulfone groups is 1. The molecule has 0 unspecified atom stereocenters. The van der Waals surface area contributed by atoms with Crippen LogP contribution in [0.2, 0.25) is 0 Å². The van der Waals surface area contributed by atoms with Crippen LogP contribution in [-0.2, 0) is 21.2 Å². The minimum atomic E-state index is -3.02. The first-order chi connectivity index (χ1) is 9.87. The average Bonchev–Trinajstić information content (AvgIpc) is 2.73. The molecule has 2 heterocycles. The van der Waals surface area contributed by atoms with Gasteiger partial charge in [-0.05, 0) is 18.6 Å². The molecule has 0 aromatic carbocycles. The molecule has 7 nitrogen and oxygen atoms in total. The Kier molecular flexibility index (Phi) is 4.84. The molecule has 2 rings (SSSR count). The van der Waals surface area contributed by atoms with Gasteiger partial charge in [0.15, 0.2) is 10.8 Å². The van der Waals surface area contributed by atoms with E-state index in [0.29, 0.717) is 29.3 Å². The molecule has 9 heteroatoms. The fraction of sp³-hybridized carbons (Fsp3) is 0.417. The molecule has 114 valence electrons. The number of hydrogen-bond donors (Lipinski definition) is 1. The normalized spacial score (nSPS) is 11.9. The first-order valence-electron chi connectivity index (χ1n) is 6.20. The quantitative estimate of drug-likeness (QED) is 0.757. The van der Waals surface area contributed by atoms with E-state index in [1.807, 2.05) is 0 Å². The third-order valence-corrected chi connectivity index (χ3v) is 4.68. The maximum atomic E-state index is 11.2. The Labute approximate surface area is 126 Å². The second kappa shape index (κ2) is 6.44. The summed E-state index contributed by atoms with van der Waals surface area (Å²) < 4.78 is 24.2. The lowest BCUT2D eigenvalue weighted by Crippen LogP contribution is -2.09. The largest absolute Gasteiger partial charge is 0.481 e. The SMILES string of the molecule is CS(=O)(=O)CCCn1c(SCC(=O)O)nc2cccnc21. The molecule has 0 saturated heterocycles. The smallest absolute Gasteiger partial charge is 0.313 e. The Morgan fingerprint density at radius 3 is 2.90 bits per heavy atom. The fourth-order valence-electron chi connectivity index (χ4n) is 1.86. The van der Waals surface area contributed by atoms with E-state index < -0.39 is 15.8 Å². The number of carbonyl (C=O) groups is 1. The number of thioether (sulfide) groups is 1. The van der Waals surface area contributed by atoms with Crippen molar-refractivity contribution in [2.24, 2.45) is 0 Å². The van der Waals surface area contributed by atoms with Gasteiger partial charge in [-0.1, -0.05) is 11.8 Å². The van der Waals surface area contributed by atoms with Gasteiger partial charge in [-0.2, -0.15) is 0 Å². The fourth-order valence-corrected chi connectivity index (χ4v) is 3.26. The predicted octanol–water partition coefficient (Wildman–Crippen LogP) is 1.04. The zero-order valence-corrected chi connectivity index (χ0v) is 13.0. The highest BCUT2D eigenvalue weighted by Crippen LogP contribution is 2.23. The van der Waals surface area contributed by atoms with Gasteiger partial charge in [-0.3, -0.25) is 4.79 Å². The number of aryl methyl sites for hydroxylation is 1. The van der Waals surface area contributed by atoms with Gasteiger partial charge >= 0.3 is 5.97 Å². The molecule has 0 fully saturated rings. The van der Waals surface area contributed by atoms with Crippen LogP contribution in [0, 0.1) is 0 Å². The minimum absolute atomic E-state index is 0.0720. The number of carboxylic acid groups (broad SMARTS) is 1. The number of rotatable bonds is 7. The van der Waals surface area contributed by atoms with Crippen molar-refractivity contribution in [2.75, 3.05) is 17.8 Å². The Balaban J connectivity index is 2.24. The molecule has 2 aromatic rings. The number of carboxylic acids is 1. The number of imidazole rings is 1. The third kappa shape index (κ3) is 4.43. The number of pyridine rings is 1. The van der Waals surface area contributed by atoms with Crippen LogP contribution in [0.3, 0.4) is 0 Å². The van der Waals surface area contributed by atoms with Crippen LogP contribution in [0.15, 0.2) is 23.5 Å². The van der Waals surface area contributed by atoms with E-state index in [1.165, 1.54) is 6.26 Å². The standard InChI is InChI=1S/C12H15N3O4S2/c1-21(18,19)7-3-6-15-11-9(4-2-5-13-11)14-12(15)20-8-10(16)17/h2,4-5H,3,6-8H2,1H3,(H,16,17). The molecule has 0 aliphatic rings. The van der Waals surface area contributed by atoms with Crippen LogP contribution < -0.4 is 0 Å². The van der Waals surface area contributed by atoms with Crippen molar-refractivity contribution in [2.45, 2.75) is 18.1 Å². The molecule has 0 saturated carbocycles. The maximum absolute atomic E-state index is 11.2. The van der Waals surface area contributed by atoms with Gasteiger partial charge in [-0.25, -0.2) is 18.4 Å². The van der Waals surface area contributed by atoms with Gasteiger partial charge in [0, 0.05) is 19.0 Å². The summed E-state index contributed by atoms with van der Waals surface area (Å²) in [5, 5.41) is 9.31. The second-order valence-corrected chi connectivity index (χ2v) is 7.76. The summed E-state index contributed by atoms with van der Waals surface area (Å²) in [6.45, 7) is 0.433. The molecule has 0 spiro atoms. The lowest BCUT2D eigenvalue weighted by atomic mass is 10.4. The molecule has 0 radical (unpaired) electrons. The summed E-state index contributed by atoms with van der Waals surface area (Å²) in [4.78, 5) is 19.3. The highest BCUT2D eigenvalue weighted by Gasteiger charge is 2.14. The van der Waals surface area contributed by atoms with Gasteiger partial charge in [-0.15, -0.1) is 0 Å². The van der Waals surface area contributed by atoms with Gasteiger partial charge in [0.05, 0.1) is 11.5 Å². The van der Waals surface area contributed by atoms with Crippen molar-refractivity contribution < 1.29 is 18.3 Å². The summed E-state index contributed by atoms with van der Waals surface area (Å²) in [5.41, 5.74) is 1.31. The highest BCUT2D eigenvalue weighted by atomic mass is 32.2. The highest BCUT2D eigenvalue weighted by molar-refractivity contribution is 7.99. The zero-order valence-electron chi connectivity index (χ0n) is 11.4. The van der Waals surface area contributed by atoms with E-state index in [1.54, 1.807) is 22.9 Å². The zero-order chi connectivity index (χ0) is 15.5. The van der Waals surface area contributed by atoms with Crippen LogP contribution in [0.25, 0.3) is 11.2 Å². The first-order valence-corrected chi connectivity index (χ1v) is 9.25. The minimum Gasteiger partial charge on any atom is -0.481 e. The van der Waals surface area contributed by atoms with Gasteiger partial charge in [0.25, 0.3) is 0 Å². The van der Waals surface area contributed by atoms with Gasteiger partial charge < -0.3 is 9.67 Å². The number of aromatic nitrogens is 3. The molecular weight excluding hydrogens is 314 g/mol.